The standard InChI is InChI=1S/C26H30N2O3S/c1-18-11-12-20(3)25(15-18)28(32(30,31)24-9-7-6-8-10-24)17-26(29)27-22(5)23-14-13-19(2)21(4)16-23/h6-16,22H,17H2,1-5H3,(H,27,29). The van der Waals surface area contributed by atoms with Crippen LogP contribution in [-0.2, 0) is 14.8 Å². The van der Waals surface area contributed by atoms with Crippen molar-refractivity contribution in [3.05, 3.63) is 94.5 Å². The van der Waals surface area contributed by atoms with Gasteiger partial charge < -0.3 is 5.32 Å². The van der Waals surface area contributed by atoms with Crippen molar-refractivity contribution in [1.82, 2.24) is 5.32 Å². The van der Waals surface area contributed by atoms with E-state index in [-0.39, 0.29) is 23.4 Å². The predicted molar refractivity (Wildman–Crippen MR) is 129 cm³/mol. The molecule has 0 radical (unpaired) electrons. The summed E-state index contributed by atoms with van der Waals surface area (Å²) < 4.78 is 28.2. The van der Waals surface area contributed by atoms with Gasteiger partial charge in [0.05, 0.1) is 16.6 Å². The molecule has 5 nitrogen and oxygen atoms in total. The highest BCUT2D eigenvalue weighted by Gasteiger charge is 2.28. The summed E-state index contributed by atoms with van der Waals surface area (Å²) in [5.41, 5.74) is 5.51. The second-order valence-corrected chi connectivity index (χ2v) is 10.1. The summed E-state index contributed by atoms with van der Waals surface area (Å²) in [4.78, 5) is 13.2. The molecule has 0 aliphatic heterocycles. The summed E-state index contributed by atoms with van der Waals surface area (Å²) >= 11 is 0. The van der Waals surface area contributed by atoms with Gasteiger partial charge in [-0.2, -0.15) is 0 Å². The van der Waals surface area contributed by atoms with E-state index in [2.05, 4.69) is 5.32 Å². The van der Waals surface area contributed by atoms with Crippen LogP contribution in [0.25, 0.3) is 0 Å². The minimum Gasteiger partial charge on any atom is -0.348 e. The van der Waals surface area contributed by atoms with E-state index in [1.807, 2.05) is 65.0 Å². The number of aryl methyl sites for hydroxylation is 4. The fraction of sp³-hybridized carbons (Fsp3) is 0.269. The lowest BCUT2D eigenvalue weighted by molar-refractivity contribution is -0.120. The van der Waals surface area contributed by atoms with Crippen molar-refractivity contribution in [2.75, 3.05) is 10.8 Å². The van der Waals surface area contributed by atoms with Gasteiger partial charge in [-0.05, 0) is 80.6 Å². The maximum absolute atomic E-state index is 13.5. The molecule has 32 heavy (non-hydrogen) atoms. The van der Waals surface area contributed by atoms with E-state index < -0.39 is 10.0 Å². The van der Waals surface area contributed by atoms with Gasteiger partial charge in [0.2, 0.25) is 5.91 Å². The lowest BCUT2D eigenvalue weighted by Crippen LogP contribution is -2.42. The number of carbonyl (C=O) groups excluding carboxylic acids is 1. The topological polar surface area (TPSA) is 66.5 Å². The van der Waals surface area contributed by atoms with Crippen LogP contribution in [0.15, 0.2) is 71.6 Å². The molecule has 3 aromatic rings. The zero-order valence-corrected chi connectivity index (χ0v) is 20.0. The van der Waals surface area contributed by atoms with Crippen LogP contribution in [0.3, 0.4) is 0 Å². The van der Waals surface area contributed by atoms with Crippen LogP contribution in [0, 0.1) is 27.7 Å². The monoisotopic (exact) mass is 450 g/mol. The number of amides is 1. The first-order valence-corrected chi connectivity index (χ1v) is 12.0. The van der Waals surface area contributed by atoms with E-state index >= 15 is 0 Å². The highest BCUT2D eigenvalue weighted by atomic mass is 32.2. The van der Waals surface area contributed by atoms with Crippen molar-refractivity contribution in [2.45, 2.75) is 45.6 Å². The first kappa shape index (κ1) is 23.5. The van der Waals surface area contributed by atoms with E-state index in [0.29, 0.717) is 5.69 Å². The molecule has 0 bridgehead atoms. The Morgan fingerprint density at radius 1 is 0.875 bits per heavy atom. The fourth-order valence-electron chi connectivity index (χ4n) is 3.54. The van der Waals surface area contributed by atoms with Gasteiger partial charge in [0.1, 0.15) is 6.54 Å². The summed E-state index contributed by atoms with van der Waals surface area (Å²) in [7, 11) is -3.93. The Labute approximate surface area is 191 Å². The van der Waals surface area contributed by atoms with Crippen LogP contribution >= 0.6 is 0 Å². The summed E-state index contributed by atoms with van der Waals surface area (Å²) in [6, 6.07) is 19.6. The highest BCUT2D eigenvalue weighted by molar-refractivity contribution is 7.92. The number of hydrogen-bond donors (Lipinski definition) is 1. The number of rotatable bonds is 7. The Morgan fingerprint density at radius 2 is 1.53 bits per heavy atom. The van der Waals surface area contributed by atoms with Crippen molar-refractivity contribution in [3.8, 4) is 0 Å². The quantitative estimate of drug-likeness (QED) is 0.551. The molecule has 3 rings (SSSR count). The van der Waals surface area contributed by atoms with Gasteiger partial charge in [0.15, 0.2) is 0 Å². The van der Waals surface area contributed by atoms with Gasteiger partial charge in [-0.15, -0.1) is 0 Å². The van der Waals surface area contributed by atoms with Crippen molar-refractivity contribution in [2.24, 2.45) is 0 Å². The zero-order chi connectivity index (χ0) is 23.5. The molecule has 0 aliphatic rings. The third-order valence-electron chi connectivity index (χ3n) is 5.66. The molecule has 1 N–H and O–H groups in total. The van der Waals surface area contributed by atoms with Crippen LogP contribution in [0.5, 0.6) is 0 Å². The number of benzene rings is 3. The van der Waals surface area contributed by atoms with E-state index in [9.17, 15) is 13.2 Å². The predicted octanol–water partition coefficient (Wildman–Crippen LogP) is 4.99. The van der Waals surface area contributed by atoms with Gasteiger partial charge in [0.25, 0.3) is 10.0 Å². The van der Waals surface area contributed by atoms with Crippen molar-refractivity contribution < 1.29 is 13.2 Å². The van der Waals surface area contributed by atoms with E-state index in [1.165, 1.54) is 9.87 Å². The molecule has 0 spiro atoms. The number of hydrogen-bond acceptors (Lipinski definition) is 3. The lowest BCUT2D eigenvalue weighted by atomic mass is 10.0. The summed E-state index contributed by atoms with van der Waals surface area (Å²) in [5.74, 6) is -0.365. The van der Waals surface area contributed by atoms with Gasteiger partial charge in [-0.3, -0.25) is 9.10 Å². The molecular formula is C26H30N2O3S. The average molecular weight is 451 g/mol. The molecule has 1 atom stereocenters. The SMILES string of the molecule is Cc1ccc(C)c(N(CC(=O)NC(C)c2ccc(C)c(C)c2)S(=O)(=O)c2ccccc2)c1. The molecule has 0 heterocycles. The number of carbonyl (C=O) groups is 1. The minimum absolute atomic E-state index is 0.149. The molecule has 0 aromatic heterocycles. The lowest BCUT2D eigenvalue weighted by Gasteiger charge is -2.27. The smallest absolute Gasteiger partial charge is 0.264 e. The van der Waals surface area contributed by atoms with Crippen molar-refractivity contribution >= 4 is 21.6 Å². The van der Waals surface area contributed by atoms with Crippen LogP contribution < -0.4 is 9.62 Å². The Bertz CT molecular complexity index is 1220. The Kier molecular flexibility index (Phi) is 7.04. The Morgan fingerprint density at radius 3 is 2.19 bits per heavy atom. The van der Waals surface area contributed by atoms with E-state index in [1.54, 1.807) is 36.4 Å². The number of anilines is 1. The Hall–Kier alpha value is -3.12. The molecular weight excluding hydrogens is 420 g/mol. The molecule has 6 heteroatoms. The molecule has 0 saturated heterocycles. The van der Waals surface area contributed by atoms with E-state index in [4.69, 9.17) is 0 Å². The van der Waals surface area contributed by atoms with Crippen LogP contribution in [-0.4, -0.2) is 20.9 Å². The number of nitrogens with one attached hydrogen (secondary N) is 1. The second kappa shape index (κ2) is 9.57. The molecule has 0 saturated carbocycles. The van der Waals surface area contributed by atoms with E-state index in [0.717, 1.165) is 22.3 Å². The van der Waals surface area contributed by atoms with Crippen LogP contribution in [0.4, 0.5) is 5.69 Å². The molecule has 0 aliphatic carbocycles. The van der Waals surface area contributed by atoms with Crippen molar-refractivity contribution in [1.29, 1.82) is 0 Å². The van der Waals surface area contributed by atoms with Crippen molar-refractivity contribution in [3.63, 3.8) is 0 Å². The number of nitrogens with zero attached hydrogens (tertiary/aromatic N) is 1. The maximum atomic E-state index is 13.5. The molecule has 0 fully saturated rings. The fourth-order valence-corrected chi connectivity index (χ4v) is 5.04. The average Bonchev–Trinajstić information content (AvgIpc) is 2.76. The largest absolute Gasteiger partial charge is 0.348 e. The minimum atomic E-state index is -3.93. The second-order valence-electron chi connectivity index (χ2n) is 8.25. The third kappa shape index (κ3) is 5.19. The molecule has 3 aromatic carbocycles. The van der Waals surface area contributed by atoms with Gasteiger partial charge in [-0.1, -0.05) is 48.5 Å². The first-order valence-electron chi connectivity index (χ1n) is 10.6. The normalized spacial score (nSPS) is 12.3. The molecule has 1 unspecified atom stereocenters. The van der Waals surface area contributed by atoms with Gasteiger partial charge >= 0.3 is 0 Å². The summed E-state index contributed by atoms with van der Waals surface area (Å²) in [6.45, 7) is 9.41. The van der Waals surface area contributed by atoms with Gasteiger partial charge in [-0.25, -0.2) is 8.42 Å². The maximum Gasteiger partial charge on any atom is 0.264 e. The summed E-state index contributed by atoms with van der Waals surface area (Å²) in [5, 5.41) is 2.96. The van der Waals surface area contributed by atoms with Crippen LogP contribution in [0.2, 0.25) is 0 Å². The third-order valence-corrected chi connectivity index (χ3v) is 7.43. The van der Waals surface area contributed by atoms with Gasteiger partial charge in [0, 0.05) is 0 Å². The Balaban J connectivity index is 1.92. The molecule has 168 valence electrons. The number of sulfonamides is 1. The zero-order valence-electron chi connectivity index (χ0n) is 19.2. The molecule has 1 amide bonds. The summed E-state index contributed by atoms with van der Waals surface area (Å²) in [6.07, 6.45) is 0. The van der Waals surface area contributed by atoms with Crippen LogP contribution in [0.1, 0.15) is 40.8 Å². The highest BCUT2D eigenvalue weighted by Crippen LogP contribution is 2.28. The first-order chi connectivity index (χ1) is 15.1.